The predicted octanol–water partition coefficient (Wildman–Crippen LogP) is 4.06. The van der Waals surface area contributed by atoms with Gasteiger partial charge in [0, 0.05) is 4.88 Å². The molecule has 1 aliphatic heterocycles. The first kappa shape index (κ1) is 19.2. The van der Waals surface area contributed by atoms with E-state index in [9.17, 15) is 4.79 Å². The van der Waals surface area contributed by atoms with E-state index < -0.39 is 0 Å². The second-order valence-corrected chi connectivity index (χ2v) is 8.80. The Hall–Kier alpha value is -2.18. The van der Waals surface area contributed by atoms with Crippen LogP contribution in [0.4, 0.5) is 0 Å². The lowest BCUT2D eigenvalue weighted by Gasteiger charge is -2.18. The smallest absolute Gasteiger partial charge is 0.262 e. The molecule has 0 spiro atoms. The number of thiophene rings is 1. The van der Waals surface area contributed by atoms with Crippen molar-refractivity contribution in [3.63, 3.8) is 0 Å². The van der Waals surface area contributed by atoms with Crippen molar-refractivity contribution >= 4 is 21.6 Å². The van der Waals surface area contributed by atoms with Crippen molar-refractivity contribution in [3.8, 4) is 5.75 Å². The molecule has 4 rings (SSSR count). The molecule has 6 heteroatoms. The second kappa shape index (κ2) is 8.05. The fourth-order valence-corrected chi connectivity index (χ4v) is 4.79. The van der Waals surface area contributed by atoms with Crippen molar-refractivity contribution in [2.75, 3.05) is 19.7 Å². The number of rotatable bonds is 6. The maximum Gasteiger partial charge on any atom is 0.262 e. The number of fused-ring (bicyclic) bond motifs is 1. The summed E-state index contributed by atoms with van der Waals surface area (Å²) in [6, 6.07) is 8.00. The number of likely N-dealkylation sites (tertiary alicyclic amines) is 1. The third-order valence-corrected chi connectivity index (χ3v) is 6.64. The van der Waals surface area contributed by atoms with Crippen LogP contribution < -0.4 is 10.3 Å². The standard InChI is InChI=1S/C22H27N3O2S/c1-15-6-8-18(9-7-15)27-13-12-25-19(14-24-10-4-5-11-24)23-21-20(22(25)26)16(2)17(3)28-21/h6-9H,4-5,10-14H2,1-3H3. The van der Waals surface area contributed by atoms with Crippen LogP contribution in [0.15, 0.2) is 29.1 Å². The molecule has 148 valence electrons. The molecule has 1 fully saturated rings. The summed E-state index contributed by atoms with van der Waals surface area (Å²) in [6.07, 6.45) is 2.44. The number of hydrogen-bond donors (Lipinski definition) is 0. The molecular weight excluding hydrogens is 370 g/mol. The van der Waals surface area contributed by atoms with Crippen molar-refractivity contribution in [2.24, 2.45) is 0 Å². The lowest BCUT2D eigenvalue weighted by Crippen LogP contribution is -2.31. The molecule has 1 aromatic carbocycles. The highest BCUT2D eigenvalue weighted by molar-refractivity contribution is 7.18. The Morgan fingerprint density at radius 3 is 2.54 bits per heavy atom. The average Bonchev–Trinajstić information content (AvgIpc) is 3.27. The summed E-state index contributed by atoms with van der Waals surface area (Å²) < 4.78 is 7.72. The largest absolute Gasteiger partial charge is 0.492 e. The monoisotopic (exact) mass is 397 g/mol. The van der Waals surface area contributed by atoms with Gasteiger partial charge < -0.3 is 4.74 Å². The van der Waals surface area contributed by atoms with Gasteiger partial charge in [-0.05, 0) is 64.4 Å². The van der Waals surface area contributed by atoms with E-state index in [2.05, 4.69) is 18.7 Å². The Morgan fingerprint density at radius 1 is 1.11 bits per heavy atom. The first-order chi connectivity index (χ1) is 13.5. The molecule has 0 unspecified atom stereocenters. The van der Waals surface area contributed by atoms with Gasteiger partial charge in [0.15, 0.2) is 0 Å². The summed E-state index contributed by atoms with van der Waals surface area (Å²) in [6.45, 7) is 9.98. The third-order valence-electron chi connectivity index (χ3n) is 5.54. The van der Waals surface area contributed by atoms with Crippen molar-refractivity contribution in [1.82, 2.24) is 14.5 Å². The van der Waals surface area contributed by atoms with E-state index in [-0.39, 0.29) is 5.56 Å². The van der Waals surface area contributed by atoms with E-state index in [1.54, 1.807) is 11.3 Å². The molecule has 3 aromatic rings. The van der Waals surface area contributed by atoms with Crippen LogP contribution in [0.1, 0.15) is 34.7 Å². The lowest BCUT2D eigenvalue weighted by atomic mass is 10.2. The van der Waals surface area contributed by atoms with E-state index in [1.165, 1.54) is 23.3 Å². The Morgan fingerprint density at radius 2 is 1.82 bits per heavy atom. The summed E-state index contributed by atoms with van der Waals surface area (Å²) in [5.41, 5.74) is 2.32. The Bertz CT molecular complexity index is 1030. The molecule has 28 heavy (non-hydrogen) atoms. The van der Waals surface area contributed by atoms with Gasteiger partial charge in [0.05, 0.1) is 18.5 Å². The summed E-state index contributed by atoms with van der Waals surface area (Å²) in [4.78, 5) is 22.6. The molecule has 0 bridgehead atoms. The van der Waals surface area contributed by atoms with Crippen molar-refractivity contribution in [1.29, 1.82) is 0 Å². The maximum absolute atomic E-state index is 13.3. The molecule has 0 aliphatic carbocycles. The van der Waals surface area contributed by atoms with Crippen LogP contribution in [-0.4, -0.2) is 34.1 Å². The molecule has 2 aromatic heterocycles. The number of benzene rings is 1. The highest BCUT2D eigenvalue weighted by Crippen LogP contribution is 2.26. The molecule has 0 atom stereocenters. The zero-order valence-corrected chi connectivity index (χ0v) is 17.6. The van der Waals surface area contributed by atoms with Crippen molar-refractivity contribution < 1.29 is 4.74 Å². The van der Waals surface area contributed by atoms with Gasteiger partial charge in [0.25, 0.3) is 5.56 Å². The summed E-state index contributed by atoms with van der Waals surface area (Å²) in [7, 11) is 0. The molecule has 5 nitrogen and oxygen atoms in total. The van der Waals surface area contributed by atoms with Crippen LogP contribution in [0.2, 0.25) is 0 Å². The number of hydrogen-bond acceptors (Lipinski definition) is 5. The zero-order chi connectivity index (χ0) is 19.7. The third kappa shape index (κ3) is 3.84. The van der Waals surface area contributed by atoms with Gasteiger partial charge in [-0.1, -0.05) is 17.7 Å². The minimum atomic E-state index is 0.0635. The van der Waals surface area contributed by atoms with Crippen molar-refractivity contribution in [3.05, 3.63) is 56.4 Å². The highest BCUT2D eigenvalue weighted by Gasteiger charge is 2.20. The van der Waals surface area contributed by atoms with Crippen LogP contribution in [0.3, 0.4) is 0 Å². The van der Waals surface area contributed by atoms with Crippen LogP contribution in [0.5, 0.6) is 5.75 Å². The topological polar surface area (TPSA) is 47.4 Å². The number of aryl methyl sites for hydroxylation is 3. The van der Waals surface area contributed by atoms with Gasteiger partial charge in [-0.25, -0.2) is 4.98 Å². The zero-order valence-electron chi connectivity index (χ0n) is 16.8. The number of aromatic nitrogens is 2. The van der Waals surface area contributed by atoms with E-state index in [1.807, 2.05) is 35.8 Å². The predicted molar refractivity (Wildman–Crippen MR) is 115 cm³/mol. The van der Waals surface area contributed by atoms with Gasteiger partial charge in [0.2, 0.25) is 0 Å². The van der Waals surface area contributed by atoms with Gasteiger partial charge in [-0.2, -0.15) is 0 Å². The number of ether oxygens (including phenoxy) is 1. The molecule has 1 saturated heterocycles. The fourth-order valence-electron chi connectivity index (χ4n) is 3.75. The molecule has 1 aliphatic rings. The molecular formula is C22H27N3O2S. The summed E-state index contributed by atoms with van der Waals surface area (Å²) in [5.74, 6) is 1.68. The normalized spacial score (nSPS) is 14.8. The minimum Gasteiger partial charge on any atom is -0.492 e. The van der Waals surface area contributed by atoms with Crippen LogP contribution in [0, 0.1) is 20.8 Å². The van der Waals surface area contributed by atoms with Crippen LogP contribution in [0.25, 0.3) is 10.2 Å². The first-order valence-corrected chi connectivity index (χ1v) is 10.8. The molecule has 0 saturated carbocycles. The average molecular weight is 398 g/mol. The lowest BCUT2D eigenvalue weighted by molar-refractivity contribution is 0.279. The van der Waals surface area contributed by atoms with E-state index >= 15 is 0 Å². The van der Waals surface area contributed by atoms with Gasteiger partial charge in [-0.3, -0.25) is 14.3 Å². The minimum absolute atomic E-state index is 0.0635. The van der Waals surface area contributed by atoms with E-state index in [4.69, 9.17) is 9.72 Å². The SMILES string of the molecule is Cc1ccc(OCCn2c(CN3CCCC3)nc3sc(C)c(C)c3c2=O)cc1. The number of nitrogens with zero attached hydrogens (tertiary/aromatic N) is 3. The summed E-state index contributed by atoms with van der Waals surface area (Å²) >= 11 is 1.62. The van der Waals surface area contributed by atoms with Gasteiger partial charge in [-0.15, -0.1) is 11.3 Å². The van der Waals surface area contributed by atoms with Gasteiger partial charge >= 0.3 is 0 Å². The molecule has 0 amide bonds. The van der Waals surface area contributed by atoms with Crippen molar-refractivity contribution in [2.45, 2.75) is 46.7 Å². The van der Waals surface area contributed by atoms with E-state index in [0.29, 0.717) is 13.2 Å². The first-order valence-electron chi connectivity index (χ1n) is 9.94. The maximum atomic E-state index is 13.3. The Labute approximate surface area is 169 Å². The second-order valence-electron chi connectivity index (χ2n) is 7.59. The quantitative estimate of drug-likeness (QED) is 0.629. The Kier molecular flexibility index (Phi) is 5.51. The highest BCUT2D eigenvalue weighted by atomic mass is 32.1. The molecule has 0 N–H and O–H groups in total. The van der Waals surface area contributed by atoms with E-state index in [0.717, 1.165) is 47.0 Å². The van der Waals surface area contributed by atoms with Gasteiger partial charge in [0.1, 0.15) is 23.0 Å². The van der Waals surface area contributed by atoms with Crippen LogP contribution in [-0.2, 0) is 13.1 Å². The molecule has 0 radical (unpaired) electrons. The Balaban J connectivity index is 1.63. The fraction of sp³-hybridized carbons (Fsp3) is 0.455. The molecule has 3 heterocycles. The van der Waals surface area contributed by atoms with Crippen LogP contribution >= 0.6 is 11.3 Å². The summed E-state index contributed by atoms with van der Waals surface area (Å²) in [5, 5.41) is 0.767.